The van der Waals surface area contributed by atoms with E-state index in [0.29, 0.717) is 0 Å². The molecule has 0 spiro atoms. The van der Waals surface area contributed by atoms with Gasteiger partial charge in [-0.25, -0.2) is 0 Å². The molecule has 2 nitrogen and oxygen atoms in total. The monoisotopic (exact) mass is 135 g/mol. The first-order chi connectivity index (χ1) is 3.39. The molecular weight excluding hydrogens is 122 g/mol. The van der Waals surface area contributed by atoms with Gasteiger partial charge in [0.25, 0.3) is 0 Å². The van der Waals surface area contributed by atoms with Gasteiger partial charge in [0.2, 0.25) is 0 Å². The fraction of sp³-hybridized carbons (Fsp3) is 1.00. The largest absolute Gasteiger partial charge is 0.412 e. The second-order valence-electron chi connectivity index (χ2n) is 1.89. The first-order valence-corrected chi connectivity index (χ1v) is 3.68. The summed E-state index contributed by atoms with van der Waals surface area (Å²) in [5, 5.41) is 0. The molecule has 0 amide bonds. The van der Waals surface area contributed by atoms with Gasteiger partial charge in [-0.3, -0.25) is 4.31 Å². The third-order valence-corrected chi connectivity index (χ3v) is 2.27. The van der Waals surface area contributed by atoms with Crippen LogP contribution in [0.25, 0.3) is 0 Å². The van der Waals surface area contributed by atoms with E-state index in [0.717, 1.165) is 0 Å². The van der Waals surface area contributed by atoms with Crippen LogP contribution in [0.2, 0.25) is 0 Å². The van der Waals surface area contributed by atoms with Crippen LogP contribution in [0.4, 0.5) is 0 Å². The van der Waals surface area contributed by atoms with Gasteiger partial charge in [0.1, 0.15) is 0 Å². The molecule has 1 aliphatic rings. The van der Waals surface area contributed by atoms with Crippen molar-refractivity contribution in [2.45, 2.75) is 12.8 Å². The molecule has 3 heteroatoms. The molecule has 0 aromatic rings. The van der Waals surface area contributed by atoms with Gasteiger partial charge in [-0.15, -0.1) is 0 Å². The van der Waals surface area contributed by atoms with Crippen molar-refractivity contribution >= 4 is 11.9 Å². The first-order valence-electron chi connectivity index (χ1n) is 2.73. The van der Waals surface area contributed by atoms with E-state index in [9.17, 15) is 0 Å². The Morgan fingerprint density at radius 1 is 1.38 bits per heavy atom. The Kier molecular flexibility index (Phi) is 4.32. The molecule has 0 radical (unpaired) electrons. The van der Waals surface area contributed by atoms with Crippen LogP contribution in [0.1, 0.15) is 12.8 Å². The molecule has 1 heterocycles. The normalized spacial score (nSPS) is 22.1. The molecule has 0 unspecified atom stereocenters. The van der Waals surface area contributed by atoms with Gasteiger partial charge in [0.15, 0.2) is 0 Å². The smallest absolute Gasteiger partial charge is 0.00865 e. The van der Waals surface area contributed by atoms with Gasteiger partial charge in [0, 0.05) is 12.3 Å². The van der Waals surface area contributed by atoms with Crippen molar-refractivity contribution < 1.29 is 5.48 Å². The zero-order valence-corrected chi connectivity index (χ0v) is 6.00. The highest BCUT2D eigenvalue weighted by molar-refractivity contribution is 7.97. The van der Waals surface area contributed by atoms with Crippen LogP contribution in [0.3, 0.4) is 0 Å². The SMILES string of the molecule is CN1CCCCS1.O. The highest BCUT2D eigenvalue weighted by atomic mass is 32.2. The standard InChI is InChI=1S/C5H11NS.H2O/c1-6-4-2-3-5-7-6;/h2-5H2,1H3;1H2. The third kappa shape index (κ3) is 2.55. The van der Waals surface area contributed by atoms with Crippen LogP contribution >= 0.6 is 11.9 Å². The van der Waals surface area contributed by atoms with Crippen LogP contribution in [0.5, 0.6) is 0 Å². The first kappa shape index (κ1) is 8.27. The minimum Gasteiger partial charge on any atom is -0.412 e. The van der Waals surface area contributed by atoms with E-state index in [1.807, 2.05) is 11.9 Å². The molecule has 1 rings (SSSR count). The van der Waals surface area contributed by atoms with Crippen molar-refractivity contribution in [3.8, 4) is 0 Å². The van der Waals surface area contributed by atoms with Crippen LogP contribution in [0, 0.1) is 0 Å². The van der Waals surface area contributed by atoms with Crippen molar-refractivity contribution in [1.82, 2.24) is 4.31 Å². The van der Waals surface area contributed by atoms with E-state index < -0.39 is 0 Å². The van der Waals surface area contributed by atoms with Crippen molar-refractivity contribution in [2.75, 3.05) is 19.3 Å². The second kappa shape index (κ2) is 4.18. The lowest BCUT2D eigenvalue weighted by molar-refractivity contribution is 0.517. The molecule has 8 heavy (non-hydrogen) atoms. The lowest BCUT2D eigenvalue weighted by Crippen LogP contribution is -2.16. The van der Waals surface area contributed by atoms with Crippen LogP contribution in [-0.2, 0) is 0 Å². The molecule has 0 bridgehead atoms. The Morgan fingerprint density at radius 2 is 2.12 bits per heavy atom. The molecular formula is C5H13NOS. The summed E-state index contributed by atoms with van der Waals surface area (Å²) < 4.78 is 2.31. The van der Waals surface area contributed by atoms with Crippen molar-refractivity contribution in [2.24, 2.45) is 0 Å². The Labute approximate surface area is 54.7 Å². The zero-order chi connectivity index (χ0) is 5.11. The van der Waals surface area contributed by atoms with Crippen LogP contribution in [-0.4, -0.2) is 29.1 Å². The summed E-state index contributed by atoms with van der Waals surface area (Å²) in [5.74, 6) is 1.33. The highest BCUT2D eigenvalue weighted by Gasteiger charge is 2.03. The molecule has 0 saturated carbocycles. The summed E-state index contributed by atoms with van der Waals surface area (Å²) in [6.45, 7) is 1.28. The highest BCUT2D eigenvalue weighted by Crippen LogP contribution is 2.15. The predicted molar refractivity (Wildman–Crippen MR) is 37.9 cm³/mol. The van der Waals surface area contributed by atoms with Gasteiger partial charge in [-0.1, -0.05) is 11.9 Å². The van der Waals surface area contributed by atoms with Crippen molar-refractivity contribution in [3.05, 3.63) is 0 Å². The molecule has 2 N–H and O–H groups in total. The van der Waals surface area contributed by atoms with Gasteiger partial charge >= 0.3 is 0 Å². The average molecular weight is 135 g/mol. The Hall–Kier alpha value is 0.270. The second-order valence-corrected chi connectivity index (χ2v) is 3.18. The third-order valence-electron chi connectivity index (χ3n) is 1.18. The summed E-state index contributed by atoms with van der Waals surface area (Å²) in [7, 11) is 2.16. The summed E-state index contributed by atoms with van der Waals surface area (Å²) in [6, 6.07) is 0. The number of nitrogens with zero attached hydrogens (tertiary/aromatic N) is 1. The fourth-order valence-corrected chi connectivity index (χ4v) is 1.62. The van der Waals surface area contributed by atoms with Crippen LogP contribution < -0.4 is 0 Å². The summed E-state index contributed by atoms with van der Waals surface area (Å²) in [5.41, 5.74) is 0. The van der Waals surface area contributed by atoms with E-state index in [-0.39, 0.29) is 5.48 Å². The predicted octanol–water partition coefficient (Wildman–Crippen LogP) is 0.535. The molecule has 0 aromatic heterocycles. The average Bonchev–Trinajstić information content (AvgIpc) is 1.69. The lowest BCUT2D eigenvalue weighted by atomic mass is 10.3. The Bertz CT molecular complexity index is 54.4. The minimum atomic E-state index is 0. The van der Waals surface area contributed by atoms with E-state index in [1.54, 1.807) is 0 Å². The van der Waals surface area contributed by atoms with Crippen molar-refractivity contribution in [3.63, 3.8) is 0 Å². The number of hydrogen-bond donors (Lipinski definition) is 0. The molecule has 50 valence electrons. The summed E-state index contributed by atoms with van der Waals surface area (Å²) in [4.78, 5) is 0. The molecule has 0 aromatic carbocycles. The van der Waals surface area contributed by atoms with E-state index >= 15 is 0 Å². The maximum Gasteiger partial charge on any atom is 0.00865 e. The van der Waals surface area contributed by atoms with Gasteiger partial charge in [0.05, 0.1) is 0 Å². The topological polar surface area (TPSA) is 34.7 Å². The maximum atomic E-state index is 2.31. The van der Waals surface area contributed by atoms with E-state index in [4.69, 9.17) is 0 Å². The molecule has 1 saturated heterocycles. The summed E-state index contributed by atoms with van der Waals surface area (Å²) in [6.07, 6.45) is 2.80. The minimum absolute atomic E-state index is 0. The molecule has 1 aliphatic heterocycles. The van der Waals surface area contributed by atoms with Crippen LogP contribution in [0.15, 0.2) is 0 Å². The summed E-state index contributed by atoms with van der Waals surface area (Å²) >= 11 is 1.95. The fourth-order valence-electron chi connectivity index (χ4n) is 0.721. The molecule has 0 aliphatic carbocycles. The zero-order valence-electron chi connectivity index (χ0n) is 5.18. The van der Waals surface area contributed by atoms with Gasteiger partial charge < -0.3 is 5.48 Å². The Balaban J connectivity index is 0.000000490. The van der Waals surface area contributed by atoms with Gasteiger partial charge in [-0.2, -0.15) is 0 Å². The number of hydrogen-bond acceptors (Lipinski definition) is 2. The number of rotatable bonds is 0. The molecule has 0 atom stereocenters. The quantitative estimate of drug-likeness (QED) is 0.454. The van der Waals surface area contributed by atoms with E-state index in [1.165, 1.54) is 25.1 Å². The molecule has 1 fully saturated rings. The Morgan fingerprint density at radius 3 is 2.38 bits per heavy atom. The maximum absolute atomic E-state index is 2.31. The van der Waals surface area contributed by atoms with Crippen molar-refractivity contribution in [1.29, 1.82) is 0 Å². The van der Waals surface area contributed by atoms with Gasteiger partial charge in [-0.05, 0) is 19.9 Å². The lowest BCUT2D eigenvalue weighted by Gasteiger charge is -2.19. The van der Waals surface area contributed by atoms with E-state index in [2.05, 4.69) is 11.4 Å².